The summed E-state index contributed by atoms with van der Waals surface area (Å²) in [6.45, 7) is 5.83. The third-order valence-electron chi connectivity index (χ3n) is 4.59. The van der Waals surface area contributed by atoms with E-state index in [1.54, 1.807) is 24.4 Å². The monoisotopic (exact) mass is 357 g/mol. The van der Waals surface area contributed by atoms with Crippen molar-refractivity contribution in [2.24, 2.45) is 0 Å². The van der Waals surface area contributed by atoms with Crippen LogP contribution in [0.1, 0.15) is 4.88 Å². The van der Waals surface area contributed by atoms with Gasteiger partial charge >= 0.3 is 0 Å². The van der Waals surface area contributed by atoms with Crippen molar-refractivity contribution < 1.29 is 4.92 Å². The first-order valence-electron chi connectivity index (χ1n) is 8.26. The standard InChI is InChI=1S/C17H19N5O2S/c23-22(24)15-3-4-17-14(10-15)11-18-21(17)13-20-7-5-19(6-8-20)12-16-2-1-9-25-16/h1-4,9-11H,5-8,12-13H2. The Labute approximate surface area is 149 Å². The molecule has 0 aliphatic carbocycles. The molecule has 1 aliphatic rings. The first-order chi connectivity index (χ1) is 12.2. The topological polar surface area (TPSA) is 67.4 Å². The van der Waals surface area contributed by atoms with E-state index < -0.39 is 0 Å². The quantitative estimate of drug-likeness (QED) is 0.519. The summed E-state index contributed by atoms with van der Waals surface area (Å²) in [6.07, 6.45) is 1.70. The normalized spacial score (nSPS) is 16.5. The molecule has 0 bridgehead atoms. The average molecular weight is 357 g/mol. The van der Waals surface area contributed by atoms with Gasteiger partial charge in [0.05, 0.1) is 23.3 Å². The lowest BCUT2D eigenvalue weighted by atomic mass is 10.2. The van der Waals surface area contributed by atoms with Gasteiger partial charge in [-0.15, -0.1) is 11.3 Å². The van der Waals surface area contributed by atoms with Crippen LogP contribution in [-0.4, -0.2) is 50.7 Å². The van der Waals surface area contributed by atoms with E-state index in [0.717, 1.165) is 43.6 Å². The van der Waals surface area contributed by atoms with Crippen molar-refractivity contribution >= 4 is 27.9 Å². The molecule has 1 aromatic carbocycles. The molecule has 4 rings (SSSR count). The molecule has 1 aliphatic heterocycles. The molecule has 130 valence electrons. The van der Waals surface area contributed by atoms with Gasteiger partial charge in [-0.3, -0.25) is 24.6 Å². The number of nitro benzene ring substituents is 1. The lowest BCUT2D eigenvalue weighted by Crippen LogP contribution is -2.46. The second-order valence-corrected chi connectivity index (χ2v) is 7.29. The third kappa shape index (κ3) is 3.55. The van der Waals surface area contributed by atoms with E-state index in [9.17, 15) is 10.1 Å². The van der Waals surface area contributed by atoms with Crippen LogP contribution in [0.5, 0.6) is 0 Å². The first-order valence-corrected chi connectivity index (χ1v) is 9.14. The Morgan fingerprint density at radius 3 is 2.68 bits per heavy atom. The van der Waals surface area contributed by atoms with Gasteiger partial charge in [-0.2, -0.15) is 5.10 Å². The molecule has 1 fully saturated rings. The van der Waals surface area contributed by atoms with E-state index in [1.807, 2.05) is 16.0 Å². The van der Waals surface area contributed by atoms with Crippen LogP contribution >= 0.6 is 11.3 Å². The van der Waals surface area contributed by atoms with E-state index in [0.29, 0.717) is 6.67 Å². The number of rotatable bonds is 5. The van der Waals surface area contributed by atoms with Gasteiger partial charge in [-0.25, -0.2) is 0 Å². The number of hydrogen-bond acceptors (Lipinski definition) is 6. The van der Waals surface area contributed by atoms with Crippen molar-refractivity contribution in [3.8, 4) is 0 Å². The fourth-order valence-corrected chi connectivity index (χ4v) is 3.95. The van der Waals surface area contributed by atoms with Gasteiger partial charge in [-0.05, 0) is 17.5 Å². The van der Waals surface area contributed by atoms with Crippen LogP contribution in [0.15, 0.2) is 41.9 Å². The number of piperazine rings is 1. The van der Waals surface area contributed by atoms with Crippen molar-refractivity contribution in [1.82, 2.24) is 19.6 Å². The third-order valence-corrected chi connectivity index (χ3v) is 5.46. The van der Waals surface area contributed by atoms with Gasteiger partial charge in [0.2, 0.25) is 0 Å². The molecule has 0 atom stereocenters. The van der Waals surface area contributed by atoms with E-state index in [4.69, 9.17) is 0 Å². The Morgan fingerprint density at radius 2 is 1.96 bits per heavy atom. The Hall–Kier alpha value is -2.29. The minimum Gasteiger partial charge on any atom is -0.296 e. The number of thiophene rings is 1. The summed E-state index contributed by atoms with van der Waals surface area (Å²) in [5.41, 5.74) is 1.04. The lowest BCUT2D eigenvalue weighted by molar-refractivity contribution is -0.384. The first kappa shape index (κ1) is 16.2. The van der Waals surface area contributed by atoms with E-state index in [-0.39, 0.29) is 10.6 Å². The zero-order chi connectivity index (χ0) is 17.2. The van der Waals surface area contributed by atoms with E-state index in [2.05, 4.69) is 32.4 Å². The molecule has 0 unspecified atom stereocenters. The molecule has 0 radical (unpaired) electrons. The van der Waals surface area contributed by atoms with Crippen LogP contribution in [0.4, 0.5) is 5.69 Å². The van der Waals surface area contributed by atoms with Crippen LogP contribution < -0.4 is 0 Å². The summed E-state index contributed by atoms with van der Waals surface area (Å²) < 4.78 is 1.92. The van der Waals surface area contributed by atoms with E-state index in [1.165, 1.54) is 4.88 Å². The number of benzene rings is 1. The molecule has 0 saturated carbocycles. The highest BCUT2D eigenvalue weighted by molar-refractivity contribution is 7.09. The number of nitro groups is 1. The predicted octanol–water partition coefficient (Wildman–Crippen LogP) is 2.78. The van der Waals surface area contributed by atoms with Gasteiger partial charge in [0.25, 0.3) is 5.69 Å². The molecule has 25 heavy (non-hydrogen) atoms. The summed E-state index contributed by atoms with van der Waals surface area (Å²) in [5.74, 6) is 0. The van der Waals surface area contributed by atoms with E-state index >= 15 is 0 Å². The molecule has 0 N–H and O–H groups in total. The molecular formula is C17H19N5O2S. The molecule has 3 heterocycles. The fraction of sp³-hybridized carbons (Fsp3) is 0.353. The second-order valence-electron chi connectivity index (χ2n) is 6.26. The summed E-state index contributed by atoms with van der Waals surface area (Å²) in [5, 5.41) is 18.2. The fourth-order valence-electron chi connectivity index (χ4n) is 3.20. The van der Waals surface area contributed by atoms with Crippen molar-refractivity contribution in [3.05, 3.63) is 56.9 Å². The van der Waals surface area contributed by atoms with Gasteiger partial charge in [0.15, 0.2) is 0 Å². The summed E-state index contributed by atoms with van der Waals surface area (Å²) in [6, 6.07) is 9.19. The minimum absolute atomic E-state index is 0.106. The maximum Gasteiger partial charge on any atom is 0.270 e. The lowest BCUT2D eigenvalue weighted by Gasteiger charge is -2.34. The number of fused-ring (bicyclic) bond motifs is 1. The smallest absolute Gasteiger partial charge is 0.270 e. The molecule has 0 amide bonds. The largest absolute Gasteiger partial charge is 0.296 e. The van der Waals surface area contributed by atoms with Crippen molar-refractivity contribution in [2.45, 2.75) is 13.2 Å². The van der Waals surface area contributed by atoms with Crippen LogP contribution in [0.25, 0.3) is 10.9 Å². The Bertz CT molecular complexity index is 868. The molecule has 1 saturated heterocycles. The van der Waals surface area contributed by atoms with Crippen molar-refractivity contribution in [2.75, 3.05) is 26.2 Å². The molecule has 7 nitrogen and oxygen atoms in total. The Morgan fingerprint density at radius 1 is 1.16 bits per heavy atom. The molecule has 3 aromatic rings. The SMILES string of the molecule is O=[N+]([O-])c1ccc2c(cnn2CN2CCN(Cc3cccs3)CC2)c1. The Balaban J connectivity index is 1.38. The van der Waals surface area contributed by atoms with Crippen LogP contribution in [0.2, 0.25) is 0 Å². The van der Waals surface area contributed by atoms with Gasteiger partial charge in [-0.1, -0.05) is 6.07 Å². The second kappa shape index (κ2) is 6.91. The highest BCUT2D eigenvalue weighted by Crippen LogP contribution is 2.21. The summed E-state index contributed by atoms with van der Waals surface area (Å²) in [7, 11) is 0. The highest BCUT2D eigenvalue weighted by atomic mass is 32.1. The van der Waals surface area contributed by atoms with Crippen LogP contribution in [0.3, 0.4) is 0 Å². The van der Waals surface area contributed by atoms with Crippen LogP contribution in [0, 0.1) is 10.1 Å². The zero-order valence-electron chi connectivity index (χ0n) is 13.7. The number of aromatic nitrogens is 2. The van der Waals surface area contributed by atoms with Crippen molar-refractivity contribution in [1.29, 1.82) is 0 Å². The predicted molar refractivity (Wildman–Crippen MR) is 97.6 cm³/mol. The molecule has 2 aromatic heterocycles. The minimum atomic E-state index is -0.371. The number of non-ortho nitro benzene ring substituents is 1. The molecular weight excluding hydrogens is 338 g/mol. The Kier molecular flexibility index (Phi) is 4.48. The number of hydrogen-bond donors (Lipinski definition) is 0. The van der Waals surface area contributed by atoms with Crippen LogP contribution in [-0.2, 0) is 13.2 Å². The molecule has 8 heteroatoms. The highest BCUT2D eigenvalue weighted by Gasteiger charge is 2.18. The summed E-state index contributed by atoms with van der Waals surface area (Å²) >= 11 is 1.81. The van der Waals surface area contributed by atoms with Gasteiger partial charge in [0, 0.05) is 55.1 Å². The zero-order valence-corrected chi connectivity index (χ0v) is 14.6. The number of nitrogens with zero attached hydrogens (tertiary/aromatic N) is 5. The summed E-state index contributed by atoms with van der Waals surface area (Å²) in [4.78, 5) is 16.8. The average Bonchev–Trinajstić information content (AvgIpc) is 3.26. The maximum absolute atomic E-state index is 10.9. The van der Waals surface area contributed by atoms with Crippen molar-refractivity contribution in [3.63, 3.8) is 0 Å². The van der Waals surface area contributed by atoms with Gasteiger partial charge in [0.1, 0.15) is 0 Å². The van der Waals surface area contributed by atoms with Gasteiger partial charge < -0.3 is 0 Å². The molecule has 0 spiro atoms. The maximum atomic E-state index is 10.9.